The van der Waals surface area contributed by atoms with Crippen molar-refractivity contribution in [2.75, 3.05) is 29.0 Å². The Labute approximate surface area is 168 Å². The lowest BCUT2D eigenvalue weighted by Crippen LogP contribution is -2.28. The van der Waals surface area contributed by atoms with E-state index in [1.54, 1.807) is 42.1 Å². The Morgan fingerprint density at radius 3 is 2.68 bits per heavy atom. The maximum atomic E-state index is 12.7. The van der Waals surface area contributed by atoms with Crippen molar-refractivity contribution in [1.82, 2.24) is 9.97 Å². The van der Waals surface area contributed by atoms with Gasteiger partial charge >= 0.3 is 0 Å². The lowest BCUT2D eigenvalue weighted by molar-refractivity contribution is 0.102. The van der Waals surface area contributed by atoms with E-state index in [1.165, 1.54) is 29.8 Å². The third-order valence-electron chi connectivity index (χ3n) is 4.94. The van der Waals surface area contributed by atoms with Crippen LogP contribution in [0, 0.1) is 6.92 Å². The van der Waals surface area contributed by atoms with Crippen molar-refractivity contribution in [2.45, 2.75) is 26.2 Å². The van der Waals surface area contributed by atoms with E-state index >= 15 is 0 Å². The molecule has 0 atom stereocenters. The summed E-state index contributed by atoms with van der Waals surface area (Å²) >= 11 is 1.75. The molecule has 3 aromatic rings. The minimum absolute atomic E-state index is 0.223. The molecule has 4 rings (SSSR count). The Kier molecular flexibility index (Phi) is 5.25. The fraction of sp³-hybridized carbons (Fsp3) is 0.286. The number of thiophene rings is 1. The SMILES string of the molecule is Cc1cc(N2CCCCC2)sc1-c1cnc(N)c(C(=O)Nc2ccncc2)c1. The summed E-state index contributed by atoms with van der Waals surface area (Å²) in [5.41, 5.74) is 9.15. The van der Waals surface area contributed by atoms with Crippen molar-refractivity contribution in [1.29, 1.82) is 0 Å². The number of aryl methyl sites for hydroxylation is 1. The van der Waals surface area contributed by atoms with Crippen LogP contribution in [-0.4, -0.2) is 29.0 Å². The third-order valence-corrected chi connectivity index (χ3v) is 6.28. The first-order valence-corrected chi connectivity index (χ1v) is 10.3. The van der Waals surface area contributed by atoms with Gasteiger partial charge in [-0.05, 0) is 56.0 Å². The summed E-state index contributed by atoms with van der Waals surface area (Å²) < 4.78 is 0. The van der Waals surface area contributed by atoms with E-state index in [9.17, 15) is 4.79 Å². The maximum absolute atomic E-state index is 12.7. The molecule has 1 aliphatic heterocycles. The van der Waals surface area contributed by atoms with Crippen LogP contribution in [0.4, 0.5) is 16.5 Å². The molecule has 3 aromatic heterocycles. The van der Waals surface area contributed by atoms with E-state index in [4.69, 9.17) is 5.73 Å². The number of carbonyl (C=O) groups is 1. The number of nitrogen functional groups attached to an aromatic ring is 1. The molecule has 0 unspecified atom stereocenters. The van der Waals surface area contributed by atoms with Crippen LogP contribution in [0.2, 0.25) is 0 Å². The predicted molar refractivity (Wildman–Crippen MR) is 115 cm³/mol. The molecule has 6 nitrogen and oxygen atoms in total. The molecule has 1 amide bonds. The zero-order valence-corrected chi connectivity index (χ0v) is 16.6. The Balaban J connectivity index is 1.62. The molecule has 3 N–H and O–H groups in total. The highest BCUT2D eigenvalue weighted by molar-refractivity contribution is 7.19. The van der Waals surface area contributed by atoms with Crippen LogP contribution in [0.3, 0.4) is 0 Å². The Morgan fingerprint density at radius 2 is 1.93 bits per heavy atom. The fourth-order valence-corrected chi connectivity index (χ4v) is 4.64. The number of rotatable bonds is 4. The first kappa shape index (κ1) is 18.4. The van der Waals surface area contributed by atoms with Gasteiger partial charge in [0.15, 0.2) is 0 Å². The topological polar surface area (TPSA) is 84.1 Å². The molecule has 1 fully saturated rings. The van der Waals surface area contributed by atoms with Crippen LogP contribution in [0.5, 0.6) is 0 Å². The number of amides is 1. The van der Waals surface area contributed by atoms with Crippen molar-refractivity contribution in [2.24, 2.45) is 0 Å². The largest absolute Gasteiger partial charge is 0.383 e. The zero-order chi connectivity index (χ0) is 19.5. The molecule has 0 aromatic carbocycles. The predicted octanol–water partition coefficient (Wildman–Crippen LogP) is 4.34. The van der Waals surface area contributed by atoms with Gasteiger partial charge in [-0.1, -0.05) is 0 Å². The Bertz CT molecular complexity index is 980. The molecule has 0 bridgehead atoms. The minimum Gasteiger partial charge on any atom is -0.383 e. The van der Waals surface area contributed by atoms with E-state index in [0.717, 1.165) is 23.5 Å². The smallest absolute Gasteiger partial charge is 0.259 e. The van der Waals surface area contributed by atoms with Crippen molar-refractivity contribution in [3.8, 4) is 10.4 Å². The first-order chi connectivity index (χ1) is 13.6. The van der Waals surface area contributed by atoms with Gasteiger partial charge in [-0.15, -0.1) is 11.3 Å². The Morgan fingerprint density at radius 1 is 1.18 bits per heavy atom. The monoisotopic (exact) mass is 393 g/mol. The highest BCUT2D eigenvalue weighted by atomic mass is 32.1. The van der Waals surface area contributed by atoms with Gasteiger partial charge in [0, 0.05) is 47.8 Å². The average Bonchev–Trinajstić information content (AvgIpc) is 3.11. The fourth-order valence-electron chi connectivity index (χ4n) is 3.44. The van der Waals surface area contributed by atoms with Crippen molar-refractivity contribution in [3.63, 3.8) is 0 Å². The third kappa shape index (κ3) is 3.84. The molecule has 0 spiro atoms. The van der Waals surface area contributed by atoms with Crippen LogP contribution >= 0.6 is 11.3 Å². The lowest BCUT2D eigenvalue weighted by atomic mass is 10.1. The number of carbonyl (C=O) groups excluding carboxylic acids is 1. The highest BCUT2D eigenvalue weighted by Crippen LogP contribution is 2.38. The van der Waals surface area contributed by atoms with Gasteiger partial charge in [0.05, 0.1) is 10.6 Å². The molecule has 1 aliphatic rings. The zero-order valence-electron chi connectivity index (χ0n) is 15.8. The number of hydrogen-bond acceptors (Lipinski definition) is 6. The number of nitrogens with two attached hydrogens (primary N) is 1. The summed E-state index contributed by atoms with van der Waals surface area (Å²) in [5.74, 6) is -0.0516. The van der Waals surface area contributed by atoms with Gasteiger partial charge < -0.3 is 16.0 Å². The number of pyridine rings is 2. The lowest BCUT2D eigenvalue weighted by Gasteiger charge is -2.27. The second kappa shape index (κ2) is 7.98. The molecule has 144 valence electrons. The highest BCUT2D eigenvalue weighted by Gasteiger charge is 2.18. The quantitative estimate of drug-likeness (QED) is 0.689. The van der Waals surface area contributed by atoms with E-state index in [0.29, 0.717) is 11.3 Å². The summed E-state index contributed by atoms with van der Waals surface area (Å²) in [6.45, 7) is 4.32. The number of nitrogens with zero attached hydrogens (tertiary/aromatic N) is 3. The van der Waals surface area contributed by atoms with Crippen LogP contribution in [0.25, 0.3) is 10.4 Å². The molecule has 0 radical (unpaired) electrons. The van der Waals surface area contributed by atoms with Crippen LogP contribution in [0.15, 0.2) is 42.9 Å². The normalized spacial score (nSPS) is 14.1. The summed E-state index contributed by atoms with van der Waals surface area (Å²) in [5, 5.41) is 4.13. The van der Waals surface area contributed by atoms with E-state index < -0.39 is 0 Å². The van der Waals surface area contributed by atoms with Crippen molar-refractivity contribution in [3.05, 3.63) is 54.0 Å². The summed E-state index contributed by atoms with van der Waals surface area (Å²) in [6, 6.07) is 7.54. The molecule has 0 aliphatic carbocycles. The van der Waals surface area contributed by atoms with Crippen LogP contribution in [0.1, 0.15) is 35.2 Å². The second-order valence-electron chi connectivity index (χ2n) is 6.99. The van der Waals surface area contributed by atoms with Crippen LogP contribution < -0.4 is 16.0 Å². The van der Waals surface area contributed by atoms with Gasteiger partial charge in [-0.25, -0.2) is 4.98 Å². The van der Waals surface area contributed by atoms with Crippen molar-refractivity contribution >= 4 is 33.8 Å². The van der Waals surface area contributed by atoms with Crippen LogP contribution in [-0.2, 0) is 0 Å². The molecule has 0 saturated carbocycles. The number of piperidine rings is 1. The molecular weight excluding hydrogens is 370 g/mol. The number of nitrogens with one attached hydrogen (secondary N) is 1. The van der Waals surface area contributed by atoms with E-state index in [1.807, 2.05) is 6.07 Å². The molecular formula is C21H23N5OS. The molecule has 28 heavy (non-hydrogen) atoms. The van der Waals surface area contributed by atoms with Crippen molar-refractivity contribution < 1.29 is 4.79 Å². The summed E-state index contributed by atoms with van der Waals surface area (Å²) in [6.07, 6.45) is 8.81. The van der Waals surface area contributed by atoms with Gasteiger partial charge in [0.25, 0.3) is 5.91 Å². The van der Waals surface area contributed by atoms with Gasteiger partial charge in [-0.2, -0.15) is 0 Å². The van der Waals surface area contributed by atoms with Gasteiger partial charge in [0.1, 0.15) is 5.82 Å². The van der Waals surface area contributed by atoms with E-state index in [-0.39, 0.29) is 11.7 Å². The first-order valence-electron chi connectivity index (χ1n) is 9.44. The average molecular weight is 394 g/mol. The number of anilines is 3. The molecule has 4 heterocycles. The van der Waals surface area contributed by atoms with E-state index in [2.05, 4.69) is 33.2 Å². The summed E-state index contributed by atoms with van der Waals surface area (Å²) in [7, 11) is 0. The standard InChI is InChI=1S/C21H23N5OS/c1-14-11-18(26-9-3-2-4-10-26)28-19(14)15-12-17(20(22)24-13-15)21(27)25-16-5-7-23-8-6-16/h5-8,11-13H,2-4,9-10H2,1H3,(H2,22,24)(H,23,25,27). The molecule has 7 heteroatoms. The minimum atomic E-state index is -0.275. The van der Waals surface area contributed by atoms with Gasteiger partial charge in [-0.3, -0.25) is 9.78 Å². The second-order valence-corrected chi connectivity index (χ2v) is 8.02. The number of hydrogen-bond donors (Lipinski definition) is 2. The van der Waals surface area contributed by atoms with Gasteiger partial charge in [0.2, 0.25) is 0 Å². The Hall–Kier alpha value is -2.93. The molecule has 1 saturated heterocycles. The summed E-state index contributed by atoms with van der Waals surface area (Å²) in [4.78, 5) is 24.5. The maximum Gasteiger partial charge on any atom is 0.259 e. The number of aromatic nitrogens is 2.